The second-order valence-corrected chi connectivity index (χ2v) is 5.96. The predicted octanol–water partition coefficient (Wildman–Crippen LogP) is 4.29. The molecule has 0 aliphatic heterocycles. The highest BCUT2D eigenvalue weighted by molar-refractivity contribution is 7.10. The molecule has 0 amide bonds. The zero-order chi connectivity index (χ0) is 14.4. The number of ether oxygens (including phenoxy) is 1. The molecule has 0 spiro atoms. The summed E-state index contributed by atoms with van der Waals surface area (Å²) < 4.78 is 5.11. The molecule has 1 aromatic heterocycles. The zero-order valence-corrected chi connectivity index (χ0v) is 13.4. The standard InChI is InChI=1S/C16H20ClNOS/c1-3-18-15(16-14(17)9-11-20-16)13-6-4-12(5-7-13)8-10-19-2/h4-7,9,11,15,18H,3,8,10H2,1-2H3. The van der Waals surface area contributed by atoms with E-state index in [-0.39, 0.29) is 6.04 Å². The number of halogens is 1. The molecule has 4 heteroatoms. The van der Waals surface area contributed by atoms with Crippen molar-refractivity contribution >= 4 is 22.9 Å². The Labute approximate surface area is 129 Å². The van der Waals surface area contributed by atoms with Crippen molar-refractivity contribution in [2.75, 3.05) is 20.3 Å². The summed E-state index contributed by atoms with van der Waals surface area (Å²) in [5, 5.41) is 6.38. The second-order valence-electron chi connectivity index (χ2n) is 4.61. The van der Waals surface area contributed by atoms with Gasteiger partial charge in [-0.1, -0.05) is 42.8 Å². The van der Waals surface area contributed by atoms with Gasteiger partial charge in [0.25, 0.3) is 0 Å². The highest BCUT2D eigenvalue weighted by atomic mass is 35.5. The Morgan fingerprint density at radius 2 is 2.00 bits per heavy atom. The Hall–Kier alpha value is -0.870. The van der Waals surface area contributed by atoms with Crippen molar-refractivity contribution in [2.45, 2.75) is 19.4 Å². The Balaban J connectivity index is 2.19. The van der Waals surface area contributed by atoms with Crippen molar-refractivity contribution < 1.29 is 4.74 Å². The van der Waals surface area contributed by atoms with Gasteiger partial charge >= 0.3 is 0 Å². The van der Waals surface area contributed by atoms with Gasteiger partial charge in [0.2, 0.25) is 0 Å². The third-order valence-electron chi connectivity index (χ3n) is 3.22. The van der Waals surface area contributed by atoms with Crippen LogP contribution in [0.4, 0.5) is 0 Å². The van der Waals surface area contributed by atoms with E-state index in [9.17, 15) is 0 Å². The predicted molar refractivity (Wildman–Crippen MR) is 86.9 cm³/mol. The fourth-order valence-corrected chi connectivity index (χ4v) is 3.44. The number of rotatable bonds is 7. The van der Waals surface area contributed by atoms with E-state index in [1.54, 1.807) is 18.4 Å². The number of benzene rings is 1. The smallest absolute Gasteiger partial charge is 0.0686 e. The summed E-state index contributed by atoms with van der Waals surface area (Å²) in [6.07, 6.45) is 0.947. The molecule has 2 nitrogen and oxygen atoms in total. The first-order valence-corrected chi connectivity index (χ1v) is 8.06. The fraction of sp³-hybridized carbons (Fsp3) is 0.375. The van der Waals surface area contributed by atoms with Gasteiger partial charge < -0.3 is 10.1 Å². The summed E-state index contributed by atoms with van der Waals surface area (Å²) in [5.41, 5.74) is 2.54. The Morgan fingerprint density at radius 1 is 1.25 bits per heavy atom. The van der Waals surface area contributed by atoms with Crippen LogP contribution in [0.3, 0.4) is 0 Å². The van der Waals surface area contributed by atoms with Crippen LogP contribution in [0.25, 0.3) is 0 Å². The van der Waals surface area contributed by atoms with Crippen LogP contribution in [-0.4, -0.2) is 20.3 Å². The molecule has 1 unspecified atom stereocenters. The third-order valence-corrected chi connectivity index (χ3v) is 4.65. The van der Waals surface area contributed by atoms with Crippen LogP contribution >= 0.6 is 22.9 Å². The van der Waals surface area contributed by atoms with Crippen LogP contribution in [-0.2, 0) is 11.2 Å². The average Bonchev–Trinajstić information content (AvgIpc) is 2.89. The van der Waals surface area contributed by atoms with Crippen LogP contribution in [0.5, 0.6) is 0 Å². The number of hydrogen-bond acceptors (Lipinski definition) is 3. The molecule has 1 heterocycles. The van der Waals surface area contributed by atoms with E-state index in [0.717, 1.165) is 24.6 Å². The molecule has 0 saturated carbocycles. The normalized spacial score (nSPS) is 12.6. The maximum Gasteiger partial charge on any atom is 0.0686 e. The summed E-state index contributed by atoms with van der Waals surface area (Å²) in [5.74, 6) is 0. The van der Waals surface area contributed by atoms with Gasteiger partial charge in [0.05, 0.1) is 17.7 Å². The van der Waals surface area contributed by atoms with E-state index in [0.29, 0.717) is 0 Å². The molecular formula is C16H20ClNOS. The van der Waals surface area contributed by atoms with E-state index in [2.05, 4.69) is 36.5 Å². The number of methoxy groups -OCH3 is 1. The van der Waals surface area contributed by atoms with Crippen molar-refractivity contribution in [2.24, 2.45) is 0 Å². The highest BCUT2D eigenvalue weighted by Crippen LogP contribution is 2.32. The molecule has 0 fully saturated rings. The summed E-state index contributed by atoms with van der Waals surface area (Å²) in [7, 11) is 1.73. The third kappa shape index (κ3) is 3.83. The van der Waals surface area contributed by atoms with Crippen molar-refractivity contribution in [1.82, 2.24) is 5.32 Å². The molecule has 0 bridgehead atoms. The van der Waals surface area contributed by atoms with Gasteiger partial charge in [-0.05, 0) is 35.5 Å². The minimum absolute atomic E-state index is 0.170. The van der Waals surface area contributed by atoms with Crippen LogP contribution in [0, 0.1) is 0 Å². The van der Waals surface area contributed by atoms with Crippen molar-refractivity contribution in [3.63, 3.8) is 0 Å². The molecular weight excluding hydrogens is 290 g/mol. The molecule has 20 heavy (non-hydrogen) atoms. The molecule has 108 valence electrons. The Morgan fingerprint density at radius 3 is 2.55 bits per heavy atom. The topological polar surface area (TPSA) is 21.3 Å². The number of hydrogen-bond donors (Lipinski definition) is 1. The van der Waals surface area contributed by atoms with Crippen molar-refractivity contribution in [3.05, 3.63) is 56.7 Å². The van der Waals surface area contributed by atoms with Crippen LogP contribution in [0.1, 0.15) is 29.0 Å². The lowest BCUT2D eigenvalue weighted by Gasteiger charge is -2.18. The first-order valence-electron chi connectivity index (χ1n) is 6.80. The summed E-state index contributed by atoms with van der Waals surface area (Å²) in [4.78, 5) is 1.18. The van der Waals surface area contributed by atoms with Crippen molar-refractivity contribution in [3.8, 4) is 0 Å². The number of nitrogens with one attached hydrogen (secondary N) is 1. The van der Waals surface area contributed by atoms with Crippen LogP contribution in [0.2, 0.25) is 5.02 Å². The van der Waals surface area contributed by atoms with Crippen LogP contribution < -0.4 is 5.32 Å². The van der Waals surface area contributed by atoms with E-state index in [1.807, 2.05) is 11.4 Å². The van der Waals surface area contributed by atoms with Gasteiger partial charge in [0.1, 0.15) is 0 Å². The first kappa shape index (κ1) is 15.5. The lowest BCUT2D eigenvalue weighted by atomic mass is 10.0. The maximum absolute atomic E-state index is 6.27. The molecule has 0 saturated heterocycles. The highest BCUT2D eigenvalue weighted by Gasteiger charge is 2.17. The molecule has 2 rings (SSSR count). The lowest BCUT2D eigenvalue weighted by Crippen LogP contribution is -2.21. The largest absolute Gasteiger partial charge is 0.384 e. The fourth-order valence-electron chi connectivity index (χ4n) is 2.17. The maximum atomic E-state index is 6.27. The van der Waals surface area contributed by atoms with Crippen molar-refractivity contribution in [1.29, 1.82) is 0 Å². The Kier molecular flexibility index (Phi) is 6.05. The minimum Gasteiger partial charge on any atom is -0.384 e. The lowest BCUT2D eigenvalue weighted by molar-refractivity contribution is 0.202. The first-order chi connectivity index (χ1) is 9.76. The van der Waals surface area contributed by atoms with E-state index < -0.39 is 0 Å². The van der Waals surface area contributed by atoms with Gasteiger partial charge in [-0.25, -0.2) is 0 Å². The van der Waals surface area contributed by atoms with Crippen LogP contribution in [0.15, 0.2) is 35.7 Å². The molecule has 1 N–H and O–H groups in total. The van der Waals surface area contributed by atoms with Gasteiger partial charge in [-0.3, -0.25) is 0 Å². The summed E-state index contributed by atoms with van der Waals surface area (Å²) in [6.45, 7) is 3.78. The molecule has 1 aromatic carbocycles. The van der Waals surface area contributed by atoms with Gasteiger partial charge in [0, 0.05) is 12.0 Å². The quantitative estimate of drug-likeness (QED) is 0.824. The molecule has 0 aliphatic carbocycles. The van der Waals surface area contributed by atoms with E-state index in [1.165, 1.54) is 16.0 Å². The van der Waals surface area contributed by atoms with E-state index >= 15 is 0 Å². The molecule has 1 atom stereocenters. The van der Waals surface area contributed by atoms with Gasteiger partial charge in [-0.2, -0.15) is 0 Å². The molecule has 2 aromatic rings. The number of thiophene rings is 1. The Bertz CT molecular complexity index is 524. The summed E-state index contributed by atoms with van der Waals surface area (Å²) >= 11 is 7.97. The summed E-state index contributed by atoms with van der Waals surface area (Å²) in [6, 6.07) is 10.8. The monoisotopic (exact) mass is 309 g/mol. The van der Waals surface area contributed by atoms with Gasteiger partial charge in [0.15, 0.2) is 0 Å². The zero-order valence-electron chi connectivity index (χ0n) is 11.9. The minimum atomic E-state index is 0.170. The molecule has 0 radical (unpaired) electrons. The average molecular weight is 310 g/mol. The van der Waals surface area contributed by atoms with Gasteiger partial charge in [-0.15, -0.1) is 11.3 Å². The second kappa shape index (κ2) is 7.79. The van der Waals surface area contributed by atoms with E-state index in [4.69, 9.17) is 16.3 Å². The SMILES string of the molecule is CCNC(c1ccc(CCOC)cc1)c1sccc1Cl. The molecule has 0 aliphatic rings.